The highest BCUT2D eigenvalue weighted by Crippen LogP contribution is 2.30. The molecule has 0 atom stereocenters. The van der Waals surface area contributed by atoms with Crippen LogP contribution in [0.5, 0.6) is 0 Å². The molecule has 1 aromatic heterocycles. The van der Waals surface area contributed by atoms with Crippen molar-refractivity contribution in [2.75, 3.05) is 5.32 Å². The third-order valence-electron chi connectivity index (χ3n) is 5.96. The predicted molar refractivity (Wildman–Crippen MR) is 125 cm³/mol. The van der Waals surface area contributed by atoms with E-state index in [1.165, 1.54) is 11.6 Å². The maximum atomic E-state index is 13.2. The first-order valence-corrected chi connectivity index (χ1v) is 10.9. The summed E-state index contributed by atoms with van der Waals surface area (Å²) in [4.78, 5) is 37.5. The van der Waals surface area contributed by atoms with Gasteiger partial charge < -0.3 is 5.32 Å². The minimum Gasteiger partial charge on any atom is -0.324 e. The lowest BCUT2D eigenvalue weighted by atomic mass is 9.88. The zero-order chi connectivity index (χ0) is 22.8. The lowest BCUT2D eigenvalue weighted by Gasteiger charge is -2.21. The van der Waals surface area contributed by atoms with Crippen molar-refractivity contribution >= 4 is 17.4 Å². The Morgan fingerprint density at radius 2 is 1.78 bits per heavy atom. The van der Waals surface area contributed by atoms with Gasteiger partial charge >= 0.3 is 0 Å². The summed E-state index contributed by atoms with van der Waals surface area (Å²) in [5, 5.41) is 7.46. The number of carbonyl (C=O) groups is 2. The number of anilines is 1. The standard InChI is InChI=1S/C26H27N3O3/c1-16-11-12-17(2)23(13-16)25-21-9-4-5-10-22(21)26(32)29(28-25)15-24(31)27-20-8-6-7-19(14-20)18(3)30/h6-8,11-14H,4-5,9-10,15H2,1-3H3,(H,27,31). The Hall–Kier alpha value is -3.54. The molecule has 1 N–H and O–H groups in total. The number of hydrogen-bond donors (Lipinski definition) is 1. The van der Waals surface area contributed by atoms with E-state index in [0.717, 1.165) is 52.8 Å². The molecule has 1 aliphatic rings. The van der Waals surface area contributed by atoms with Gasteiger partial charge in [-0.05, 0) is 75.8 Å². The minimum atomic E-state index is -0.358. The fourth-order valence-electron chi connectivity index (χ4n) is 4.25. The van der Waals surface area contributed by atoms with Crippen LogP contribution in [0, 0.1) is 13.8 Å². The average molecular weight is 430 g/mol. The van der Waals surface area contributed by atoms with E-state index in [1.54, 1.807) is 24.3 Å². The molecular weight excluding hydrogens is 402 g/mol. The normalized spacial score (nSPS) is 12.8. The average Bonchev–Trinajstić information content (AvgIpc) is 2.77. The van der Waals surface area contributed by atoms with E-state index in [0.29, 0.717) is 17.7 Å². The Morgan fingerprint density at radius 1 is 1.03 bits per heavy atom. The van der Waals surface area contributed by atoms with Crippen molar-refractivity contribution in [3.8, 4) is 11.3 Å². The highest BCUT2D eigenvalue weighted by molar-refractivity contribution is 5.97. The van der Waals surface area contributed by atoms with Crippen LogP contribution in [0.2, 0.25) is 0 Å². The number of aromatic nitrogens is 2. The van der Waals surface area contributed by atoms with Crippen LogP contribution in [-0.2, 0) is 24.2 Å². The SMILES string of the molecule is CC(=O)c1cccc(NC(=O)Cn2nc(-c3cc(C)ccc3C)c3c(c2=O)CCCC3)c1. The van der Waals surface area contributed by atoms with Crippen LogP contribution in [0.1, 0.15) is 52.4 Å². The van der Waals surface area contributed by atoms with E-state index >= 15 is 0 Å². The van der Waals surface area contributed by atoms with Gasteiger partial charge in [0.1, 0.15) is 6.54 Å². The molecule has 0 aliphatic heterocycles. The molecule has 0 fully saturated rings. The van der Waals surface area contributed by atoms with Crippen LogP contribution >= 0.6 is 0 Å². The number of nitrogens with zero attached hydrogens (tertiary/aromatic N) is 2. The molecule has 164 valence electrons. The van der Waals surface area contributed by atoms with Crippen LogP contribution < -0.4 is 10.9 Å². The summed E-state index contributed by atoms with van der Waals surface area (Å²) in [7, 11) is 0. The summed E-state index contributed by atoms with van der Waals surface area (Å²) < 4.78 is 1.28. The van der Waals surface area contributed by atoms with Crippen molar-refractivity contribution in [2.24, 2.45) is 0 Å². The number of aryl methyl sites for hydroxylation is 2. The topological polar surface area (TPSA) is 81.1 Å². The first kappa shape index (κ1) is 21.7. The zero-order valence-corrected chi connectivity index (χ0v) is 18.7. The molecule has 1 aliphatic carbocycles. The summed E-state index contributed by atoms with van der Waals surface area (Å²) in [6.45, 7) is 5.37. The molecule has 4 rings (SSSR count). The highest BCUT2D eigenvalue weighted by Gasteiger charge is 2.23. The second kappa shape index (κ2) is 8.91. The van der Waals surface area contributed by atoms with Crippen molar-refractivity contribution in [2.45, 2.75) is 53.0 Å². The molecule has 6 nitrogen and oxygen atoms in total. The summed E-state index contributed by atoms with van der Waals surface area (Å²) in [5.74, 6) is -0.435. The molecule has 0 unspecified atom stereocenters. The maximum absolute atomic E-state index is 13.2. The summed E-state index contributed by atoms with van der Waals surface area (Å²) in [5.41, 5.74) is 6.64. The molecular formula is C26H27N3O3. The van der Waals surface area contributed by atoms with Gasteiger partial charge in [-0.1, -0.05) is 29.8 Å². The number of benzene rings is 2. The molecule has 0 saturated carbocycles. The number of amides is 1. The van der Waals surface area contributed by atoms with Crippen molar-refractivity contribution in [1.29, 1.82) is 0 Å². The van der Waals surface area contributed by atoms with E-state index in [2.05, 4.69) is 28.6 Å². The van der Waals surface area contributed by atoms with Gasteiger partial charge in [0.25, 0.3) is 5.56 Å². The summed E-state index contributed by atoms with van der Waals surface area (Å²) >= 11 is 0. The molecule has 2 aromatic carbocycles. The van der Waals surface area contributed by atoms with Crippen molar-refractivity contribution in [1.82, 2.24) is 9.78 Å². The van der Waals surface area contributed by atoms with E-state index in [9.17, 15) is 14.4 Å². The van der Waals surface area contributed by atoms with Gasteiger partial charge in [0.05, 0.1) is 5.69 Å². The highest BCUT2D eigenvalue weighted by atomic mass is 16.2. The number of nitrogens with one attached hydrogen (secondary N) is 1. The minimum absolute atomic E-state index is 0.0770. The Labute approximate surface area is 187 Å². The summed E-state index contributed by atoms with van der Waals surface area (Å²) in [6, 6.07) is 13.0. The smallest absolute Gasteiger partial charge is 0.270 e. The second-order valence-electron chi connectivity index (χ2n) is 8.48. The fraction of sp³-hybridized carbons (Fsp3) is 0.308. The van der Waals surface area contributed by atoms with E-state index in [-0.39, 0.29) is 23.8 Å². The van der Waals surface area contributed by atoms with E-state index in [1.807, 2.05) is 13.8 Å². The summed E-state index contributed by atoms with van der Waals surface area (Å²) in [6.07, 6.45) is 3.52. The number of hydrogen-bond acceptors (Lipinski definition) is 4. The fourth-order valence-corrected chi connectivity index (χ4v) is 4.25. The molecule has 0 bridgehead atoms. The number of fused-ring (bicyclic) bond motifs is 1. The van der Waals surface area contributed by atoms with Crippen molar-refractivity contribution in [3.05, 3.63) is 80.6 Å². The van der Waals surface area contributed by atoms with Crippen LogP contribution in [0.25, 0.3) is 11.3 Å². The van der Waals surface area contributed by atoms with Gasteiger partial charge in [-0.25, -0.2) is 4.68 Å². The quantitative estimate of drug-likeness (QED) is 0.615. The van der Waals surface area contributed by atoms with Crippen LogP contribution in [0.4, 0.5) is 5.69 Å². The monoisotopic (exact) mass is 429 g/mol. The Balaban J connectivity index is 1.71. The van der Waals surface area contributed by atoms with Gasteiger partial charge in [-0.3, -0.25) is 14.4 Å². The lowest BCUT2D eigenvalue weighted by molar-refractivity contribution is -0.117. The molecule has 0 spiro atoms. The predicted octanol–water partition coefficient (Wildman–Crippen LogP) is 4.25. The Morgan fingerprint density at radius 3 is 2.53 bits per heavy atom. The molecule has 6 heteroatoms. The number of rotatable bonds is 5. The van der Waals surface area contributed by atoms with Crippen LogP contribution in [0.15, 0.2) is 47.3 Å². The maximum Gasteiger partial charge on any atom is 0.270 e. The van der Waals surface area contributed by atoms with Gasteiger partial charge in [0.2, 0.25) is 5.91 Å². The molecule has 1 heterocycles. The number of carbonyl (C=O) groups excluding carboxylic acids is 2. The van der Waals surface area contributed by atoms with Gasteiger partial charge in [-0.2, -0.15) is 5.10 Å². The Kier molecular flexibility index (Phi) is 6.04. The zero-order valence-electron chi connectivity index (χ0n) is 18.7. The second-order valence-corrected chi connectivity index (χ2v) is 8.48. The first-order chi connectivity index (χ1) is 15.3. The van der Waals surface area contributed by atoms with E-state index < -0.39 is 0 Å². The molecule has 0 radical (unpaired) electrons. The number of ketones is 1. The van der Waals surface area contributed by atoms with Gasteiger partial charge in [-0.15, -0.1) is 0 Å². The van der Waals surface area contributed by atoms with Gasteiger partial charge in [0, 0.05) is 22.4 Å². The van der Waals surface area contributed by atoms with Crippen molar-refractivity contribution < 1.29 is 9.59 Å². The largest absolute Gasteiger partial charge is 0.324 e. The van der Waals surface area contributed by atoms with Crippen LogP contribution in [0.3, 0.4) is 0 Å². The Bertz CT molecular complexity index is 1270. The third kappa shape index (κ3) is 4.40. The third-order valence-corrected chi connectivity index (χ3v) is 5.96. The van der Waals surface area contributed by atoms with Gasteiger partial charge in [0.15, 0.2) is 5.78 Å². The first-order valence-electron chi connectivity index (χ1n) is 10.9. The molecule has 3 aromatic rings. The van der Waals surface area contributed by atoms with E-state index in [4.69, 9.17) is 0 Å². The molecule has 0 saturated heterocycles. The molecule has 32 heavy (non-hydrogen) atoms. The molecule has 1 amide bonds. The van der Waals surface area contributed by atoms with Crippen LogP contribution in [-0.4, -0.2) is 21.5 Å². The number of Topliss-reactive ketones (excluding diaryl/α,β-unsaturated/α-hetero) is 1. The van der Waals surface area contributed by atoms with Crippen molar-refractivity contribution in [3.63, 3.8) is 0 Å². The lowest BCUT2D eigenvalue weighted by Crippen LogP contribution is -2.34.